The van der Waals surface area contributed by atoms with E-state index in [-0.39, 0.29) is 10.6 Å². The summed E-state index contributed by atoms with van der Waals surface area (Å²) in [5, 5.41) is 1.48. The van der Waals surface area contributed by atoms with Gasteiger partial charge in [-0.25, -0.2) is 8.78 Å². The molecule has 1 heterocycles. The van der Waals surface area contributed by atoms with Gasteiger partial charge < -0.3 is 5.73 Å². The van der Waals surface area contributed by atoms with E-state index in [0.717, 1.165) is 22.9 Å². The van der Waals surface area contributed by atoms with Crippen molar-refractivity contribution < 1.29 is 8.78 Å². The highest BCUT2D eigenvalue weighted by molar-refractivity contribution is 6.30. The molecule has 1 aromatic heterocycles. The molecule has 0 amide bonds. The highest BCUT2D eigenvalue weighted by Gasteiger charge is 2.18. The third-order valence-electron chi connectivity index (χ3n) is 3.41. The van der Waals surface area contributed by atoms with Crippen LogP contribution in [0.4, 0.5) is 8.78 Å². The maximum atomic E-state index is 14.0. The van der Waals surface area contributed by atoms with E-state index in [0.29, 0.717) is 5.56 Å². The molecule has 2 nitrogen and oxygen atoms in total. The molecule has 0 saturated heterocycles. The number of halogens is 3. The molecule has 0 saturated carbocycles. The molecular weight excluding hydrogens is 294 g/mol. The van der Waals surface area contributed by atoms with Crippen LogP contribution in [0.2, 0.25) is 5.02 Å². The summed E-state index contributed by atoms with van der Waals surface area (Å²) in [6, 6.07) is 8.64. The molecular formula is C16H11ClF2N2. The molecule has 0 fully saturated rings. The Kier molecular flexibility index (Phi) is 3.57. The minimum absolute atomic E-state index is 0.0510. The number of nitrogens with zero attached hydrogens (tertiary/aromatic N) is 1. The molecule has 1 unspecified atom stereocenters. The number of aromatic nitrogens is 1. The van der Waals surface area contributed by atoms with Gasteiger partial charge in [0, 0.05) is 23.3 Å². The van der Waals surface area contributed by atoms with Crippen LogP contribution in [0.15, 0.2) is 48.8 Å². The standard InChI is InChI=1S/C16H11ClF2N2/c17-13-6-14(18)11(5-15(13)19)16(20)12-8-21-7-9-3-1-2-4-10(9)12/h1-8,16H,20H2. The molecule has 2 N–H and O–H groups in total. The second-order valence-electron chi connectivity index (χ2n) is 4.72. The van der Waals surface area contributed by atoms with Crippen LogP contribution in [-0.2, 0) is 0 Å². The molecule has 2 aromatic carbocycles. The second kappa shape index (κ2) is 5.39. The van der Waals surface area contributed by atoms with Crippen molar-refractivity contribution in [2.75, 3.05) is 0 Å². The van der Waals surface area contributed by atoms with Crippen LogP contribution in [0.1, 0.15) is 17.2 Å². The third-order valence-corrected chi connectivity index (χ3v) is 3.70. The number of nitrogens with two attached hydrogens (primary N) is 1. The number of pyridine rings is 1. The first kappa shape index (κ1) is 13.9. The summed E-state index contributed by atoms with van der Waals surface area (Å²) in [7, 11) is 0. The number of fused-ring (bicyclic) bond motifs is 1. The van der Waals surface area contributed by atoms with Crippen molar-refractivity contribution >= 4 is 22.4 Å². The molecule has 0 radical (unpaired) electrons. The molecule has 0 spiro atoms. The summed E-state index contributed by atoms with van der Waals surface area (Å²) in [6.45, 7) is 0. The van der Waals surface area contributed by atoms with E-state index in [2.05, 4.69) is 4.98 Å². The van der Waals surface area contributed by atoms with E-state index in [9.17, 15) is 8.78 Å². The van der Waals surface area contributed by atoms with Crippen LogP contribution in [0, 0.1) is 11.6 Å². The fourth-order valence-electron chi connectivity index (χ4n) is 2.33. The van der Waals surface area contributed by atoms with Gasteiger partial charge >= 0.3 is 0 Å². The minimum Gasteiger partial charge on any atom is -0.320 e. The third kappa shape index (κ3) is 2.48. The molecule has 0 aliphatic heterocycles. The normalized spacial score (nSPS) is 12.6. The van der Waals surface area contributed by atoms with Gasteiger partial charge in [0.1, 0.15) is 11.6 Å². The highest BCUT2D eigenvalue weighted by Crippen LogP contribution is 2.30. The SMILES string of the molecule is NC(c1cc(F)c(Cl)cc1F)c1cncc2ccccc12. The van der Waals surface area contributed by atoms with Crippen molar-refractivity contribution in [2.24, 2.45) is 5.73 Å². The maximum absolute atomic E-state index is 14.0. The lowest BCUT2D eigenvalue weighted by atomic mass is 9.96. The van der Waals surface area contributed by atoms with Crippen LogP contribution in [0.5, 0.6) is 0 Å². The van der Waals surface area contributed by atoms with Crippen molar-refractivity contribution in [1.82, 2.24) is 4.98 Å². The van der Waals surface area contributed by atoms with Gasteiger partial charge in [-0.1, -0.05) is 35.9 Å². The van der Waals surface area contributed by atoms with E-state index in [1.807, 2.05) is 24.3 Å². The average molecular weight is 305 g/mol. The zero-order valence-electron chi connectivity index (χ0n) is 10.9. The second-order valence-corrected chi connectivity index (χ2v) is 5.12. The maximum Gasteiger partial charge on any atom is 0.142 e. The fraction of sp³-hybridized carbons (Fsp3) is 0.0625. The van der Waals surface area contributed by atoms with Crippen molar-refractivity contribution in [1.29, 1.82) is 0 Å². The lowest BCUT2D eigenvalue weighted by Gasteiger charge is -2.16. The Morgan fingerprint density at radius 3 is 2.57 bits per heavy atom. The first-order valence-corrected chi connectivity index (χ1v) is 6.68. The summed E-state index contributed by atoms with van der Waals surface area (Å²) < 4.78 is 27.6. The molecule has 106 valence electrons. The lowest BCUT2D eigenvalue weighted by Crippen LogP contribution is -2.15. The Labute approximate surface area is 125 Å². The van der Waals surface area contributed by atoms with Gasteiger partial charge in [-0.3, -0.25) is 4.98 Å². The summed E-state index contributed by atoms with van der Waals surface area (Å²) in [6.07, 6.45) is 3.27. The van der Waals surface area contributed by atoms with Gasteiger partial charge in [0.15, 0.2) is 0 Å². The molecule has 5 heteroatoms. The fourth-order valence-corrected chi connectivity index (χ4v) is 2.48. The predicted octanol–water partition coefficient (Wildman–Crippen LogP) is 4.21. The Morgan fingerprint density at radius 2 is 1.76 bits per heavy atom. The quantitative estimate of drug-likeness (QED) is 0.720. The molecule has 0 aliphatic rings. The monoisotopic (exact) mass is 304 g/mol. The Bertz CT molecular complexity index is 815. The van der Waals surface area contributed by atoms with Crippen LogP contribution in [0.3, 0.4) is 0 Å². The summed E-state index contributed by atoms with van der Waals surface area (Å²) in [5.41, 5.74) is 6.80. The van der Waals surface area contributed by atoms with Crippen molar-refractivity contribution in [3.63, 3.8) is 0 Å². The van der Waals surface area contributed by atoms with Crippen LogP contribution >= 0.6 is 11.6 Å². The van der Waals surface area contributed by atoms with Crippen LogP contribution in [-0.4, -0.2) is 4.98 Å². The molecule has 3 rings (SSSR count). The zero-order chi connectivity index (χ0) is 15.0. The van der Waals surface area contributed by atoms with Crippen molar-refractivity contribution in [2.45, 2.75) is 6.04 Å². The topological polar surface area (TPSA) is 38.9 Å². The first-order chi connectivity index (χ1) is 10.1. The van der Waals surface area contributed by atoms with E-state index in [4.69, 9.17) is 17.3 Å². The van der Waals surface area contributed by atoms with Gasteiger partial charge in [-0.05, 0) is 23.1 Å². The Balaban J connectivity index is 2.17. The lowest BCUT2D eigenvalue weighted by molar-refractivity contribution is 0.577. The summed E-state index contributed by atoms with van der Waals surface area (Å²) in [4.78, 5) is 4.11. The molecule has 1 atom stereocenters. The molecule has 0 bridgehead atoms. The van der Waals surface area contributed by atoms with Gasteiger partial charge in [0.25, 0.3) is 0 Å². The van der Waals surface area contributed by atoms with Gasteiger partial charge in [-0.2, -0.15) is 0 Å². The highest BCUT2D eigenvalue weighted by atomic mass is 35.5. The predicted molar refractivity (Wildman–Crippen MR) is 79.1 cm³/mol. The van der Waals surface area contributed by atoms with Gasteiger partial charge in [0.05, 0.1) is 11.1 Å². The number of hydrogen-bond donors (Lipinski definition) is 1. The number of rotatable bonds is 2. The van der Waals surface area contributed by atoms with Gasteiger partial charge in [0.2, 0.25) is 0 Å². The smallest absolute Gasteiger partial charge is 0.142 e. The van der Waals surface area contributed by atoms with Crippen molar-refractivity contribution in [3.8, 4) is 0 Å². The van der Waals surface area contributed by atoms with E-state index in [1.165, 1.54) is 0 Å². The molecule has 0 aliphatic carbocycles. The van der Waals surface area contributed by atoms with E-state index >= 15 is 0 Å². The zero-order valence-corrected chi connectivity index (χ0v) is 11.6. The van der Waals surface area contributed by atoms with E-state index in [1.54, 1.807) is 12.4 Å². The molecule has 21 heavy (non-hydrogen) atoms. The largest absolute Gasteiger partial charge is 0.320 e. The van der Waals surface area contributed by atoms with E-state index < -0.39 is 17.7 Å². The van der Waals surface area contributed by atoms with Crippen LogP contribution < -0.4 is 5.73 Å². The summed E-state index contributed by atoms with van der Waals surface area (Å²) in [5.74, 6) is -1.33. The molecule has 3 aromatic rings. The average Bonchev–Trinajstić information content (AvgIpc) is 2.49. The number of hydrogen-bond acceptors (Lipinski definition) is 2. The summed E-state index contributed by atoms with van der Waals surface area (Å²) >= 11 is 5.56. The Morgan fingerprint density at radius 1 is 1.00 bits per heavy atom. The Hall–Kier alpha value is -2.04. The van der Waals surface area contributed by atoms with Gasteiger partial charge in [-0.15, -0.1) is 0 Å². The van der Waals surface area contributed by atoms with Crippen LogP contribution in [0.25, 0.3) is 10.8 Å². The van der Waals surface area contributed by atoms with Crippen molar-refractivity contribution in [3.05, 3.63) is 76.6 Å². The minimum atomic E-state index is -0.824. The first-order valence-electron chi connectivity index (χ1n) is 6.30. The number of benzene rings is 2.